The van der Waals surface area contributed by atoms with Gasteiger partial charge in [0.1, 0.15) is 5.75 Å². The van der Waals surface area contributed by atoms with Crippen molar-refractivity contribution in [2.24, 2.45) is 0 Å². The maximum Gasteiger partial charge on any atom is 0.223 e. The van der Waals surface area contributed by atoms with Gasteiger partial charge in [-0.3, -0.25) is 4.79 Å². The van der Waals surface area contributed by atoms with Gasteiger partial charge in [-0.2, -0.15) is 0 Å². The van der Waals surface area contributed by atoms with Crippen molar-refractivity contribution in [3.05, 3.63) is 24.3 Å². The predicted molar refractivity (Wildman–Crippen MR) is 78.1 cm³/mol. The second-order valence-electron chi connectivity index (χ2n) is 4.75. The van der Waals surface area contributed by atoms with Gasteiger partial charge in [0.25, 0.3) is 0 Å². The SMILES string of the molecule is CCCCC(C)NC(=O)CCOc1ccccc1N. The van der Waals surface area contributed by atoms with Crippen LogP contribution in [0.3, 0.4) is 0 Å². The first-order valence-corrected chi connectivity index (χ1v) is 6.90. The molecule has 1 unspecified atom stereocenters. The lowest BCUT2D eigenvalue weighted by molar-refractivity contribution is -0.122. The summed E-state index contributed by atoms with van der Waals surface area (Å²) in [5.41, 5.74) is 6.34. The minimum absolute atomic E-state index is 0.0260. The lowest BCUT2D eigenvalue weighted by atomic mass is 10.1. The van der Waals surface area contributed by atoms with Gasteiger partial charge < -0.3 is 15.8 Å². The van der Waals surface area contributed by atoms with E-state index in [-0.39, 0.29) is 11.9 Å². The van der Waals surface area contributed by atoms with Crippen LogP contribution in [0.2, 0.25) is 0 Å². The molecule has 1 rings (SSSR count). The Morgan fingerprint density at radius 3 is 2.84 bits per heavy atom. The fourth-order valence-electron chi connectivity index (χ4n) is 1.80. The number of nitrogens with one attached hydrogen (secondary N) is 1. The minimum Gasteiger partial charge on any atom is -0.491 e. The molecule has 0 aliphatic rings. The minimum atomic E-state index is 0.0260. The Hall–Kier alpha value is -1.71. The summed E-state index contributed by atoms with van der Waals surface area (Å²) in [6.07, 6.45) is 3.66. The summed E-state index contributed by atoms with van der Waals surface area (Å²) in [5, 5.41) is 2.97. The van der Waals surface area contributed by atoms with E-state index in [1.165, 1.54) is 0 Å². The monoisotopic (exact) mass is 264 g/mol. The van der Waals surface area contributed by atoms with Crippen LogP contribution in [-0.2, 0) is 4.79 Å². The number of carbonyl (C=O) groups excluding carboxylic acids is 1. The van der Waals surface area contributed by atoms with Gasteiger partial charge in [0.2, 0.25) is 5.91 Å². The molecule has 0 aromatic heterocycles. The first-order valence-electron chi connectivity index (χ1n) is 6.90. The van der Waals surface area contributed by atoms with E-state index >= 15 is 0 Å². The Kier molecular flexibility index (Phi) is 6.79. The highest BCUT2D eigenvalue weighted by atomic mass is 16.5. The largest absolute Gasteiger partial charge is 0.491 e. The third-order valence-corrected chi connectivity index (χ3v) is 2.90. The summed E-state index contributed by atoms with van der Waals surface area (Å²) in [6, 6.07) is 7.52. The Morgan fingerprint density at radius 1 is 1.42 bits per heavy atom. The summed E-state index contributed by atoms with van der Waals surface area (Å²) in [5.74, 6) is 0.660. The van der Waals surface area contributed by atoms with Crippen molar-refractivity contribution in [1.29, 1.82) is 0 Å². The number of unbranched alkanes of at least 4 members (excludes halogenated alkanes) is 1. The van der Waals surface area contributed by atoms with Crippen LogP contribution in [0.15, 0.2) is 24.3 Å². The number of benzene rings is 1. The van der Waals surface area contributed by atoms with Crippen LogP contribution < -0.4 is 15.8 Å². The fraction of sp³-hybridized carbons (Fsp3) is 0.533. The normalized spacial score (nSPS) is 11.9. The van der Waals surface area contributed by atoms with Crippen LogP contribution in [0, 0.1) is 0 Å². The lowest BCUT2D eigenvalue weighted by Crippen LogP contribution is -2.33. The molecule has 106 valence electrons. The third kappa shape index (κ3) is 6.13. The number of amides is 1. The van der Waals surface area contributed by atoms with Gasteiger partial charge in [0.15, 0.2) is 0 Å². The zero-order valence-electron chi connectivity index (χ0n) is 11.8. The lowest BCUT2D eigenvalue weighted by Gasteiger charge is -2.13. The molecular formula is C15H24N2O2. The van der Waals surface area contributed by atoms with Crippen molar-refractivity contribution >= 4 is 11.6 Å². The Labute approximate surface area is 115 Å². The molecule has 0 fully saturated rings. The summed E-state index contributed by atoms with van der Waals surface area (Å²) in [7, 11) is 0. The number of nitrogens with two attached hydrogens (primary N) is 1. The van der Waals surface area contributed by atoms with E-state index in [4.69, 9.17) is 10.5 Å². The quantitative estimate of drug-likeness (QED) is 0.710. The van der Waals surface area contributed by atoms with Gasteiger partial charge in [-0.1, -0.05) is 31.9 Å². The van der Waals surface area contributed by atoms with Gasteiger partial charge in [0.05, 0.1) is 18.7 Å². The topological polar surface area (TPSA) is 64.3 Å². The van der Waals surface area contributed by atoms with Gasteiger partial charge in [0, 0.05) is 6.04 Å². The molecule has 0 spiro atoms. The summed E-state index contributed by atoms with van der Waals surface area (Å²) >= 11 is 0. The highest BCUT2D eigenvalue weighted by molar-refractivity contribution is 5.76. The summed E-state index contributed by atoms with van der Waals surface area (Å²) in [4.78, 5) is 11.7. The maximum absolute atomic E-state index is 11.7. The molecule has 4 nitrogen and oxygen atoms in total. The van der Waals surface area contributed by atoms with E-state index in [0.717, 1.165) is 19.3 Å². The number of rotatable bonds is 8. The van der Waals surface area contributed by atoms with E-state index in [2.05, 4.69) is 12.2 Å². The first-order chi connectivity index (χ1) is 9.13. The summed E-state index contributed by atoms with van der Waals surface area (Å²) in [6.45, 7) is 4.52. The number of ether oxygens (including phenoxy) is 1. The van der Waals surface area contributed by atoms with Crippen LogP contribution in [0.25, 0.3) is 0 Å². The third-order valence-electron chi connectivity index (χ3n) is 2.90. The zero-order valence-corrected chi connectivity index (χ0v) is 11.8. The number of hydrogen-bond acceptors (Lipinski definition) is 3. The highest BCUT2D eigenvalue weighted by Crippen LogP contribution is 2.19. The molecule has 3 N–H and O–H groups in total. The van der Waals surface area contributed by atoms with Gasteiger partial charge in [-0.25, -0.2) is 0 Å². The number of carbonyl (C=O) groups is 1. The smallest absolute Gasteiger partial charge is 0.223 e. The molecular weight excluding hydrogens is 240 g/mol. The van der Waals surface area contributed by atoms with Crippen LogP contribution in [0.1, 0.15) is 39.5 Å². The number of anilines is 1. The Morgan fingerprint density at radius 2 is 2.16 bits per heavy atom. The molecule has 1 aromatic carbocycles. The van der Waals surface area contributed by atoms with Crippen LogP contribution in [0.5, 0.6) is 5.75 Å². The fourth-order valence-corrected chi connectivity index (χ4v) is 1.80. The van der Waals surface area contributed by atoms with Crippen molar-refractivity contribution < 1.29 is 9.53 Å². The van der Waals surface area contributed by atoms with Gasteiger partial charge in [-0.15, -0.1) is 0 Å². The van der Waals surface area contributed by atoms with E-state index in [1.807, 2.05) is 19.1 Å². The number of para-hydroxylation sites is 2. The van der Waals surface area contributed by atoms with Crippen molar-refractivity contribution in [3.8, 4) is 5.75 Å². The molecule has 0 radical (unpaired) electrons. The zero-order chi connectivity index (χ0) is 14.1. The maximum atomic E-state index is 11.7. The van der Waals surface area contributed by atoms with Crippen molar-refractivity contribution in [2.75, 3.05) is 12.3 Å². The second kappa shape index (κ2) is 8.40. The Balaban J connectivity index is 2.22. The van der Waals surface area contributed by atoms with Crippen molar-refractivity contribution in [1.82, 2.24) is 5.32 Å². The number of nitrogen functional groups attached to an aromatic ring is 1. The van der Waals surface area contributed by atoms with Crippen molar-refractivity contribution in [3.63, 3.8) is 0 Å². The van der Waals surface area contributed by atoms with E-state index in [1.54, 1.807) is 12.1 Å². The van der Waals surface area contributed by atoms with E-state index < -0.39 is 0 Å². The average Bonchev–Trinajstić information content (AvgIpc) is 2.38. The van der Waals surface area contributed by atoms with Crippen LogP contribution >= 0.6 is 0 Å². The molecule has 0 aliphatic heterocycles. The van der Waals surface area contributed by atoms with Gasteiger partial charge in [-0.05, 0) is 25.5 Å². The molecule has 0 aliphatic carbocycles. The Bertz CT molecular complexity index is 393. The molecule has 0 heterocycles. The average molecular weight is 264 g/mol. The molecule has 1 aromatic rings. The molecule has 0 bridgehead atoms. The molecule has 0 saturated heterocycles. The molecule has 19 heavy (non-hydrogen) atoms. The molecule has 1 amide bonds. The van der Waals surface area contributed by atoms with Crippen LogP contribution in [0.4, 0.5) is 5.69 Å². The van der Waals surface area contributed by atoms with Crippen LogP contribution in [-0.4, -0.2) is 18.6 Å². The highest BCUT2D eigenvalue weighted by Gasteiger charge is 2.07. The van der Waals surface area contributed by atoms with Gasteiger partial charge >= 0.3 is 0 Å². The number of hydrogen-bond donors (Lipinski definition) is 2. The van der Waals surface area contributed by atoms with Crippen molar-refractivity contribution in [2.45, 2.75) is 45.6 Å². The molecule has 0 saturated carbocycles. The predicted octanol–water partition coefficient (Wildman–Crippen LogP) is 2.73. The second-order valence-corrected chi connectivity index (χ2v) is 4.75. The van der Waals surface area contributed by atoms with E-state index in [9.17, 15) is 4.79 Å². The molecule has 1 atom stereocenters. The molecule has 4 heteroatoms. The first kappa shape index (κ1) is 15.3. The van der Waals surface area contributed by atoms with E-state index in [0.29, 0.717) is 24.5 Å². The summed E-state index contributed by atoms with van der Waals surface area (Å²) < 4.78 is 5.48. The standard InChI is InChI=1S/C15H24N2O2/c1-3-4-7-12(2)17-15(18)10-11-19-14-9-6-5-8-13(14)16/h5-6,8-9,12H,3-4,7,10-11,16H2,1-2H3,(H,17,18).